The van der Waals surface area contributed by atoms with Crippen molar-refractivity contribution in [2.75, 3.05) is 13.7 Å². The molecule has 0 spiro atoms. The van der Waals surface area contributed by atoms with Gasteiger partial charge in [0, 0.05) is 19.3 Å². The molecule has 0 heterocycles. The lowest BCUT2D eigenvalue weighted by Crippen LogP contribution is -1.85. The van der Waals surface area contributed by atoms with Gasteiger partial charge in [0.1, 0.15) is 6.29 Å². The fourth-order valence-electron chi connectivity index (χ4n) is 1.25. The van der Waals surface area contributed by atoms with Gasteiger partial charge in [-0.15, -0.1) is 0 Å². The molecule has 0 aromatic heterocycles. The van der Waals surface area contributed by atoms with E-state index in [1.54, 1.807) is 7.11 Å². The van der Waals surface area contributed by atoms with E-state index in [9.17, 15) is 4.79 Å². The Hall–Kier alpha value is -1.41. The number of ether oxygens (including phenoxy) is 1. The number of rotatable bonds is 6. The summed E-state index contributed by atoms with van der Waals surface area (Å²) in [5.74, 6) is 0. The molecule has 15 heavy (non-hydrogen) atoms. The van der Waals surface area contributed by atoms with Gasteiger partial charge in [-0.3, -0.25) is 4.79 Å². The highest BCUT2D eigenvalue weighted by molar-refractivity contribution is 5.75. The summed E-state index contributed by atoms with van der Waals surface area (Å²) in [4.78, 5) is 10.4. The Labute approximate surface area is 90.6 Å². The van der Waals surface area contributed by atoms with E-state index in [1.807, 2.05) is 24.3 Å². The third-order valence-electron chi connectivity index (χ3n) is 2.10. The predicted octanol–water partition coefficient (Wildman–Crippen LogP) is 2.94. The Kier molecular flexibility index (Phi) is 5.41. The van der Waals surface area contributed by atoms with Crippen molar-refractivity contribution in [2.45, 2.75) is 12.8 Å². The third-order valence-corrected chi connectivity index (χ3v) is 2.10. The summed E-state index contributed by atoms with van der Waals surface area (Å²) in [5, 5.41) is 0. The van der Waals surface area contributed by atoms with Crippen LogP contribution in [0.1, 0.15) is 28.8 Å². The van der Waals surface area contributed by atoms with E-state index in [0.29, 0.717) is 5.56 Å². The van der Waals surface area contributed by atoms with Crippen molar-refractivity contribution in [2.24, 2.45) is 0 Å². The molecule has 2 nitrogen and oxygen atoms in total. The Morgan fingerprint density at radius 1 is 1.20 bits per heavy atom. The molecule has 0 N–H and O–H groups in total. The molecule has 0 aliphatic carbocycles. The number of allylic oxidation sites excluding steroid dienone is 1. The SMILES string of the molecule is COCCCC=Cc1ccc(C=O)cc1. The highest BCUT2D eigenvalue weighted by atomic mass is 16.5. The summed E-state index contributed by atoms with van der Waals surface area (Å²) in [6, 6.07) is 7.52. The van der Waals surface area contributed by atoms with Crippen LogP contribution in [0.2, 0.25) is 0 Å². The van der Waals surface area contributed by atoms with E-state index in [0.717, 1.165) is 31.3 Å². The lowest BCUT2D eigenvalue weighted by molar-refractivity contribution is 0.112. The minimum atomic E-state index is 0.714. The lowest BCUT2D eigenvalue weighted by atomic mass is 10.1. The molecule has 0 radical (unpaired) electrons. The van der Waals surface area contributed by atoms with Gasteiger partial charge in [0.05, 0.1) is 0 Å². The first-order valence-electron chi connectivity index (χ1n) is 5.07. The van der Waals surface area contributed by atoms with Crippen molar-refractivity contribution >= 4 is 12.4 Å². The minimum Gasteiger partial charge on any atom is -0.385 e. The molecule has 0 fully saturated rings. The van der Waals surface area contributed by atoms with Crippen LogP contribution in [0.5, 0.6) is 0 Å². The molecule has 0 unspecified atom stereocenters. The van der Waals surface area contributed by atoms with Crippen molar-refractivity contribution < 1.29 is 9.53 Å². The maximum atomic E-state index is 10.4. The van der Waals surface area contributed by atoms with Crippen molar-refractivity contribution in [3.8, 4) is 0 Å². The summed E-state index contributed by atoms with van der Waals surface area (Å²) < 4.78 is 4.95. The lowest BCUT2D eigenvalue weighted by Gasteiger charge is -1.95. The highest BCUT2D eigenvalue weighted by Crippen LogP contribution is 2.05. The molecule has 1 aromatic rings. The van der Waals surface area contributed by atoms with Gasteiger partial charge in [0.25, 0.3) is 0 Å². The molecule has 0 aliphatic heterocycles. The average Bonchev–Trinajstić information content (AvgIpc) is 2.30. The second-order valence-electron chi connectivity index (χ2n) is 3.32. The molecule has 2 heteroatoms. The molecule has 0 amide bonds. The Morgan fingerprint density at radius 2 is 1.87 bits per heavy atom. The van der Waals surface area contributed by atoms with E-state index in [2.05, 4.69) is 12.2 Å². The molecule has 0 saturated heterocycles. The van der Waals surface area contributed by atoms with Crippen molar-refractivity contribution in [1.82, 2.24) is 0 Å². The number of carbonyl (C=O) groups excluding carboxylic acids is 1. The van der Waals surface area contributed by atoms with E-state index >= 15 is 0 Å². The van der Waals surface area contributed by atoms with Crippen LogP contribution in [0.25, 0.3) is 6.08 Å². The first kappa shape index (κ1) is 11.7. The maximum absolute atomic E-state index is 10.4. The van der Waals surface area contributed by atoms with E-state index in [1.165, 1.54) is 0 Å². The van der Waals surface area contributed by atoms with E-state index in [-0.39, 0.29) is 0 Å². The second kappa shape index (κ2) is 6.96. The molecule has 80 valence electrons. The average molecular weight is 204 g/mol. The van der Waals surface area contributed by atoms with Gasteiger partial charge in [-0.25, -0.2) is 0 Å². The molecule has 0 atom stereocenters. The van der Waals surface area contributed by atoms with Crippen LogP contribution in [0.4, 0.5) is 0 Å². The summed E-state index contributed by atoms with van der Waals surface area (Å²) >= 11 is 0. The quantitative estimate of drug-likeness (QED) is 0.526. The standard InChI is InChI=1S/C13H16O2/c1-15-10-4-2-3-5-12-6-8-13(11-14)9-7-12/h3,5-9,11H,2,4,10H2,1H3. The number of carbonyl (C=O) groups is 1. The second-order valence-corrected chi connectivity index (χ2v) is 3.32. The number of aldehydes is 1. The Balaban J connectivity index is 2.39. The van der Waals surface area contributed by atoms with Crippen LogP contribution in [0.15, 0.2) is 30.3 Å². The number of hydrogen-bond donors (Lipinski definition) is 0. The van der Waals surface area contributed by atoms with E-state index in [4.69, 9.17) is 4.74 Å². The number of hydrogen-bond acceptors (Lipinski definition) is 2. The van der Waals surface area contributed by atoms with Crippen molar-refractivity contribution in [3.05, 3.63) is 41.5 Å². The molecular weight excluding hydrogens is 188 g/mol. The van der Waals surface area contributed by atoms with Crippen LogP contribution in [0, 0.1) is 0 Å². The topological polar surface area (TPSA) is 26.3 Å². The third kappa shape index (κ3) is 4.56. The van der Waals surface area contributed by atoms with Gasteiger partial charge in [-0.05, 0) is 18.4 Å². The van der Waals surface area contributed by atoms with Crippen LogP contribution >= 0.6 is 0 Å². The minimum absolute atomic E-state index is 0.714. The smallest absolute Gasteiger partial charge is 0.150 e. The Morgan fingerprint density at radius 3 is 2.47 bits per heavy atom. The summed E-state index contributed by atoms with van der Waals surface area (Å²) in [7, 11) is 1.71. The first-order valence-corrected chi connectivity index (χ1v) is 5.07. The molecule has 0 saturated carbocycles. The maximum Gasteiger partial charge on any atom is 0.150 e. The molecule has 1 rings (SSSR count). The van der Waals surface area contributed by atoms with Crippen LogP contribution in [-0.2, 0) is 4.74 Å². The zero-order chi connectivity index (χ0) is 10.9. The van der Waals surface area contributed by atoms with Crippen LogP contribution in [-0.4, -0.2) is 20.0 Å². The van der Waals surface area contributed by atoms with Gasteiger partial charge in [-0.2, -0.15) is 0 Å². The number of benzene rings is 1. The summed E-state index contributed by atoms with van der Waals surface area (Å²) in [6.45, 7) is 0.800. The van der Waals surface area contributed by atoms with Crippen LogP contribution < -0.4 is 0 Å². The molecule has 0 aliphatic rings. The van der Waals surface area contributed by atoms with Crippen molar-refractivity contribution in [1.29, 1.82) is 0 Å². The first-order chi connectivity index (χ1) is 7.36. The zero-order valence-corrected chi connectivity index (χ0v) is 8.98. The molecule has 0 bridgehead atoms. The van der Waals surface area contributed by atoms with Gasteiger partial charge < -0.3 is 4.74 Å². The Bertz CT molecular complexity index is 312. The number of unbranched alkanes of at least 4 members (excludes halogenated alkanes) is 1. The van der Waals surface area contributed by atoms with Gasteiger partial charge in [-0.1, -0.05) is 36.4 Å². The predicted molar refractivity (Wildman–Crippen MR) is 62.0 cm³/mol. The molecular formula is C13H16O2. The van der Waals surface area contributed by atoms with Gasteiger partial charge in [0.15, 0.2) is 0 Å². The van der Waals surface area contributed by atoms with E-state index < -0.39 is 0 Å². The zero-order valence-electron chi connectivity index (χ0n) is 8.98. The highest BCUT2D eigenvalue weighted by Gasteiger charge is 1.89. The summed E-state index contributed by atoms with van der Waals surface area (Å²) in [5.41, 5.74) is 1.84. The summed E-state index contributed by atoms with van der Waals surface area (Å²) in [6.07, 6.45) is 7.09. The monoisotopic (exact) mass is 204 g/mol. The fourth-order valence-corrected chi connectivity index (χ4v) is 1.25. The fraction of sp³-hybridized carbons (Fsp3) is 0.308. The van der Waals surface area contributed by atoms with Crippen molar-refractivity contribution in [3.63, 3.8) is 0 Å². The number of methoxy groups -OCH3 is 1. The normalized spacial score (nSPS) is 10.7. The van der Waals surface area contributed by atoms with Crippen LogP contribution in [0.3, 0.4) is 0 Å². The largest absolute Gasteiger partial charge is 0.385 e. The van der Waals surface area contributed by atoms with Gasteiger partial charge in [0.2, 0.25) is 0 Å². The molecule has 1 aromatic carbocycles. The van der Waals surface area contributed by atoms with Gasteiger partial charge >= 0.3 is 0 Å².